The fourth-order valence-electron chi connectivity index (χ4n) is 2.51. The van der Waals surface area contributed by atoms with E-state index >= 15 is 0 Å². The lowest BCUT2D eigenvalue weighted by Gasteiger charge is -2.26. The third-order valence-electron chi connectivity index (χ3n) is 3.43. The van der Waals surface area contributed by atoms with Gasteiger partial charge in [0.2, 0.25) is 0 Å². The molecule has 0 radical (unpaired) electrons. The van der Waals surface area contributed by atoms with Crippen LogP contribution in [0.15, 0.2) is 47.4 Å². The first kappa shape index (κ1) is 13.6. The van der Waals surface area contributed by atoms with Crippen LogP contribution in [0.3, 0.4) is 0 Å². The predicted molar refractivity (Wildman–Crippen MR) is 77.7 cm³/mol. The minimum atomic E-state index is -0.526. The molecule has 0 amide bonds. The van der Waals surface area contributed by atoms with Crippen LogP contribution < -0.4 is 5.32 Å². The summed E-state index contributed by atoms with van der Waals surface area (Å²) < 4.78 is 26.3. The highest BCUT2D eigenvalue weighted by Gasteiger charge is 2.19. The van der Waals surface area contributed by atoms with E-state index in [1.165, 1.54) is 22.6 Å². The van der Waals surface area contributed by atoms with E-state index in [1.54, 1.807) is 0 Å². The molecule has 3 rings (SSSR count). The number of benzene rings is 2. The highest BCUT2D eigenvalue weighted by Crippen LogP contribution is 2.35. The number of nitrogens with one attached hydrogen (secondary N) is 1. The van der Waals surface area contributed by atoms with E-state index in [-0.39, 0.29) is 6.04 Å². The van der Waals surface area contributed by atoms with Crippen molar-refractivity contribution in [2.45, 2.75) is 23.9 Å². The van der Waals surface area contributed by atoms with Gasteiger partial charge in [0, 0.05) is 23.5 Å². The molecule has 0 saturated heterocycles. The van der Waals surface area contributed by atoms with Gasteiger partial charge < -0.3 is 5.32 Å². The van der Waals surface area contributed by atoms with Gasteiger partial charge in [-0.05, 0) is 41.5 Å². The highest BCUT2D eigenvalue weighted by atomic mass is 32.2. The second kappa shape index (κ2) is 5.94. The molecule has 1 aliphatic heterocycles. The van der Waals surface area contributed by atoms with E-state index in [9.17, 15) is 8.78 Å². The summed E-state index contributed by atoms with van der Waals surface area (Å²) in [5, 5.41) is 3.40. The minimum absolute atomic E-state index is 0.249. The summed E-state index contributed by atoms with van der Waals surface area (Å²) >= 11 is 1.86. The van der Waals surface area contributed by atoms with Crippen molar-refractivity contribution in [3.63, 3.8) is 0 Å². The Kier molecular flexibility index (Phi) is 4.03. The molecular formula is C16H15F2NS. The molecule has 1 aliphatic rings. The maximum absolute atomic E-state index is 13.2. The standard InChI is InChI=1S/C16H15F2NS/c17-12-7-11(8-13(18)9-12)10-19-15-5-6-20-16-4-2-1-3-14(15)16/h1-4,7-9,15,19H,5-6,10H2. The number of hydrogen-bond donors (Lipinski definition) is 1. The van der Waals surface area contributed by atoms with Crippen LogP contribution in [0.5, 0.6) is 0 Å². The zero-order chi connectivity index (χ0) is 13.9. The Morgan fingerprint density at radius 1 is 1.10 bits per heavy atom. The SMILES string of the molecule is Fc1cc(F)cc(CNC2CCSc3ccccc32)c1. The molecule has 104 valence electrons. The summed E-state index contributed by atoms with van der Waals surface area (Å²) in [6.45, 7) is 0.471. The Morgan fingerprint density at radius 3 is 2.65 bits per heavy atom. The summed E-state index contributed by atoms with van der Waals surface area (Å²) in [5.74, 6) is 0.00874. The summed E-state index contributed by atoms with van der Waals surface area (Å²) in [4.78, 5) is 1.29. The number of halogens is 2. The lowest BCUT2D eigenvalue weighted by Crippen LogP contribution is -2.24. The Labute approximate surface area is 121 Å². The molecule has 1 unspecified atom stereocenters. The van der Waals surface area contributed by atoms with Crippen LogP contribution in [-0.4, -0.2) is 5.75 Å². The summed E-state index contributed by atoms with van der Waals surface area (Å²) in [5.41, 5.74) is 1.92. The zero-order valence-corrected chi connectivity index (χ0v) is 11.7. The molecule has 1 atom stereocenters. The molecular weight excluding hydrogens is 276 g/mol. The lowest BCUT2D eigenvalue weighted by molar-refractivity contribution is 0.505. The van der Waals surface area contributed by atoms with Crippen LogP contribution >= 0.6 is 11.8 Å². The van der Waals surface area contributed by atoms with Crippen LogP contribution in [0.2, 0.25) is 0 Å². The molecule has 0 spiro atoms. The molecule has 4 heteroatoms. The predicted octanol–water partition coefficient (Wildman–Crippen LogP) is 4.29. The maximum Gasteiger partial charge on any atom is 0.126 e. The van der Waals surface area contributed by atoms with E-state index in [0.717, 1.165) is 18.2 Å². The van der Waals surface area contributed by atoms with Gasteiger partial charge in [-0.15, -0.1) is 11.8 Å². The van der Waals surface area contributed by atoms with Crippen LogP contribution in [-0.2, 0) is 6.54 Å². The molecule has 20 heavy (non-hydrogen) atoms. The first-order valence-corrected chi connectivity index (χ1v) is 7.61. The first-order chi connectivity index (χ1) is 9.72. The van der Waals surface area contributed by atoms with Gasteiger partial charge in [0.15, 0.2) is 0 Å². The fraction of sp³-hybridized carbons (Fsp3) is 0.250. The van der Waals surface area contributed by atoms with Gasteiger partial charge in [0.05, 0.1) is 0 Å². The third kappa shape index (κ3) is 3.02. The van der Waals surface area contributed by atoms with Gasteiger partial charge in [0.1, 0.15) is 11.6 Å². The second-order valence-corrected chi connectivity index (χ2v) is 6.02. The molecule has 0 bridgehead atoms. The molecule has 0 aliphatic carbocycles. The Hall–Kier alpha value is -1.39. The normalized spacial score (nSPS) is 17.8. The van der Waals surface area contributed by atoms with E-state index < -0.39 is 11.6 Å². The lowest BCUT2D eigenvalue weighted by atomic mass is 10.0. The van der Waals surface area contributed by atoms with Crippen LogP contribution in [0.1, 0.15) is 23.6 Å². The summed E-state index contributed by atoms with van der Waals surface area (Å²) in [7, 11) is 0. The van der Waals surface area contributed by atoms with Crippen molar-refractivity contribution < 1.29 is 8.78 Å². The number of fused-ring (bicyclic) bond motifs is 1. The molecule has 0 fully saturated rings. The third-order valence-corrected chi connectivity index (χ3v) is 4.56. The van der Waals surface area contributed by atoms with Crippen molar-refractivity contribution in [3.8, 4) is 0 Å². The monoisotopic (exact) mass is 291 g/mol. The molecule has 1 N–H and O–H groups in total. The number of rotatable bonds is 3. The van der Waals surface area contributed by atoms with Gasteiger partial charge >= 0.3 is 0 Å². The summed E-state index contributed by atoms with van der Waals surface area (Å²) in [6, 6.07) is 12.2. The van der Waals surface area contributed by atoms with E-state index in [4.69, 9.17) is 0 Å². The smallest absolute Gasteiger partial charge is 0.126 e. The van der Waals surface area contributed by atoms with E-state index in [2.05, 4.69) is 17.4 Å². The molecule has 1 heterocycles. The maximum atomic E-state index is 13.2. The molecule has 0 saturated carbocycles. The van der Waals surface area contributed by atoms with Gasteiger partial charge in [0.25, 0.3) is 0 Å². The fourth-order valence-corrected chi connectivity index (χ4v) is 3.63. The van der Waals surface area contributed by atoms with Crippen molar-refractivity contribution in [3.05, 3.63) is 65.2 Å². The van der Waals surface area contributed by atoms with Crippen LogP contribution in [0.25, 0.3) is 0 Å². The van der Waals surface area contributed by atoms with Crippen LogP contribution in [0.4, 0.5) is 8.78 Å². The van der Waals surface area contributed by atoms with Crippen molar-refractivity contribution in [2.75, 3.05) is 5.75 Å². The quantitative estimate of drug-likeness (QED) is 0.905. The zero-order valence-electron chi connectivity index (χ0n) is 10.9. The Bertz CT molecular complexity index is 595. The van der Waals surface area contributed by atoms with Crippen molar-refractivity contribution in [1.29, 1.82) is 0 Å². The van der Waals surface area contributed by atoms with Gasteiger partial charge in [-0.2, -0.15) is 0 Å². The van der Waals surface area contributed by atoms with Gasteiger partial charge in [-0.1, -0.05) is 18.2 Å². The van der Waals surface area contributed by atoms with Crippen LogP contribution in [0, 0.1) is 11.6 Å². The van der Waals surface area contributed by atoms with Crippen molar-refractivity contribution >= 4 is 11.8 Å². The Balaban J connectivity index is 1.73. The van der Waals surface area contributed by atoms with Crippen molar-refractivity contribution in [2.24, 2.45) is 0 Å². The van der Waals surface area contributed by atoms with E-state index in [0.29, 0.717) is 12.1 Å². The second-order valence-electron chi connectivity index (χ2n) is 4.89. The van der Waals surface area contributed by atoms with Gasteiger partial charge in [-0.3, -0.25) is 0 Å². The topological polar surface area (TPSA) is 12.0 Å². The van der Waals surface area contributed by atoms with Gasteiger partial charge in [-0.25, -0.2) is 8.78 Å². The summed E-state index contributed by atoms with van der Waals surface area (Å²) in [6.07, 6.45) is 1.03. The number of hydrogen-bond acceptors (Lipinski definition) is 2. The number of thioether (sulfide) groups is 1. The minimum Gasteiger partial charge on any atom is -0.306 e. The van der Waals surface area contributed by atoms with E-state index in [1.807, 2.05) is 23.9 Å². The van der Waals surface area contributed by atoms with Crippen molar-refractivity contribution in [1.82, 2.24) is 5.32 Å². The largest absolute Gasteiger partial charge is 0.306 e. The highest BCUT2D eigenvalue weighted by molar-refractivity contribution is 7.99. The average Bonchev–Trinajstić information content (AvgIpc) is 2.44. The molecule has 1 nitrogen and oxygen atoms in total. The Morgan fingerprint density at radius 2 is 1.85 bits per heavy atom. The average molecular weight is 291 g/mol. The first-order valence-electron chi connectivity index (χ1n) is 6.62. The molecule has 0 aromatic heterocycles. The molecule has 2 aromatic carbocycles. The molecule has 2 aromatic rings.